The van der Waals surface area contributed by atoms with Crippen LogP contribution in [0.4, 0.5) is 0 Å². The predicted molar refractivity (Wildman–Crippen MR) is 82.5 cm³/mol. The summed E-state index contributed by atoms with van der Waals surface area (Å²) in [5, 5.41) is 0. The standard InChI is InChI=1S/C16H31N3O/c1-13(17)15-7-11-19(12-8-15)16(20)14(2)18-9-5-3-4-6-10-18/h13-15H,3-12,17H2,1-2H3. The van der Waals surface area contributed by atoms with Gasteiger partial charge in [-0.25, -0.2) is 0 Å². The highest BCUT2D eigenvalue weighted by atomic mass is 16.2. The third kappa shape index (κ3) is 3.95. The summed E-state index contributed by atoms with van der Waals surface area (Å²) >= 11 is 0. The molecule has 20 heavy (non-hydrogen) atoms. The Balaban J connectivity index is 1.84. The Morgan fingerprint density at radius 3 is 2.05 bits per heavy atom. The minimum absolute atomic E-state index is 0.0555. The maximum absolute atomic E-state index is 12.6. The molecule has 2 unspecified atom stereocenters. The zero-order valence-corrected chi connectivity index (χ0v) is 13.2. The molecule has 0 aromatic rings. The normalized spacial score (nSPS) is 26.1. The molecule has 0 aromatic heterocycles. The molecule has 0 aromatic carbocycles. The fraction of sp³-hybridized carbons (Fsp3) is 0.938. The number of hydrogen-bond acceptors (Lipinski definition) is 3. The van der Waals surface area contributed by atoms with Crippen LogP contribution in [0.3, 0.4) is 0 Å². The molecule has 0 radical (unpaired) electrons. The second-order valence-corrected chi connectivity index (χ2v) is 6.65. The van der Waals surface area contributed by atoms with E-state index in [2.05, 4.69) is 23.6 Å². The first-order valence-electron chi connectivity index (χ1n) is 8.38. The van der Waals surface area contributed by atoms with Crippen molar-refractivity contribution in [2.45, 2.75) is 64.5 Å². The molecule has 2 heterocycles. The van der Waals surface area contributed by atoms with E-state index in [1.54, 1.807) is 0 Å². The molecule has 2 aliphatic heterocycles. The van der Waals surface area contributed by atoms with Gasteiger partial charge in [0.15, 0.2) is 0 Å². The van der Waals surface area contributed by atoms with E-state index in [0.717, 1.165) is 39.0 Å². The van der Waals surface area contributed by atoms with Gasteiger partial charge in [-0.15, -0.1) is 0 Å². The van der Waals surface area contributed by atoms with E-state index in [1.165, 1.54) is 25.7 Å². The molecular weight excluding hydrogens is 250 g/mol. The maximum Gasteiger partial charge on any atom is 0.239 e. The molecule has 2 atom stereocenters. The fourth-order valence-electron chi connectivity index (χ4n) is 3.55. The topological polar surface area (TPSA) is 49.6 Å². The molecule has 2 aliphatic rings. The number of carbonyl (C=O) groups excluding carboxylic acids is 1. The first kappa shape index (κ1) is 15.8. The lowest BCUT2D eigenvalue weighted by molar-refractivity contribution is -0.138. The van der Waals surface area contributed by atoms with Gasteiger partial charge < -0.3 is 10.6 Å². The molecule has 2 saturated heterocycles. The van der Waals surface area contributed by atoms with Crippen LogP contribution in [0.2, 0.25) is 0 Å². The van der Waals surface area contributed by atoms with Crippen molar-refractivity contribution in [3.63, 3.8) is 0 Å². The first-order chi connectivity index (χ1) is 9.59. The van der Waals surface area contributed by atoms with Crippen molar-refractivity contribution in [3.8, 4) is 0 Å². The Hall–Kier alpha value is -0.610. The van der Waals surface area contributed by atoms with Gasteiger partial charge >= 0.3 is 0 Å². The summed E-state index contributed by atoms with van der Waals surface area (Å²) in [4.78, 5) is 17.1. The average molecular weight is 281 g/mol. The van der Waals surface area contributed by atoms with E-state index in [1.807, 2.05) is 0 Å². The molecule has 0 spiro atoms. The number of carbonyl (C=O) groups is 1. The van der Waals surface area contributed by atoms with Crippen molar-refractivity contribution in [2.75, 3.05) is 26.2 Å². The lowest BCUT2D eigenvalue weighted by atomic mass is 9.90. The summed E-state index contributed by atoms with van der Waals surface area (Å²) in [7, 11) is 0. The summed E-state index contributed by atoms with van der Waals surface area (Å²) in [5.41, 5.74) is 5.97. The van der Waals surface area contributed by atoms with Gasteiger partial charge in [-0.2, -0.15) is 0 Å². The number of nitrogens with zero attached hydrogens (tertiary/aromatic N) is 2. The van der Waals surface area contributed by atoms with Crippen LogP contribution in [-0.4, -0.2) is 54.0 Å². The molecule has 2 N–H and O–H groups in total. The molecule has 4 heteroatoms. The first-order valence-corrected chi connectivity index (χ1v) is 8.38. The highest BCUT2D eigenvalue weighted by molar-refractivity contribution is 5.81. The summed E-state index contributed by atoms with van der Waals surface area (Å²) in [5.74, 6) is 0.919. The zero-order valence-electron chi connectivity index (χ0n) is 13.2. The van der Waals surface area contributed by atoms with Crippen LogP contribution in [0.15, 0.2) is 0 Å². The molecule has 2 rings (SSSR count). The summed E-state index contributed by atoms with van der Waals surface area (Å²) in [6.07, 6.45) is 7.25. The molecule has 116 valence electrons. The third-order valence-corrected chi connectivity index (χ3v) is 5.14. The monoisotopic (exact) mass is 281 g/mol. The predicted octanol–water partition coefficient (Wildman–Crippen LogP) is 1.84. The van der Waals surface area contributed by atoms with Crippen LogP contribution in [0, 0.1) is 5.92 Å². The zero-order chi connectivity index (χ0) is 14.5. The van der Waals surface area contributed by atoms with Gasteiger partial charge in [0.25, 0.3) is 0 Å². The number of hydrogen-bond donors (Lipinski definition) is 1. The number of rotatable bonds is 3. The van der Waals surface area contributed by atoms with Crippen LogP contribution >= 0.6 is 0 Å². The second-order valence-electron chi connectivity index (χ2n) is 6.65. The highest BCUT2D eigenvalue weighted by Crippen LogP contribution is 2.21. The fourth-order valence-corrected chi connectivity index (χ4v) is 3.55. The Bertz CT molecular complexity index is 303. The summed E-state index contributed by atoms with van der Waals surface area (Å²) < 4.78 is 0. The molecule has 0 bridgehead atoms. The summed E-state index contributed by atoms with van der Waals surface area (Å²) in [6.45, 7) is 8.13. The van der Waals surface area contributed by atoms with Crippen molar-refractivity contribution in [1.29, 1.82) is 0 Å². The van der Waals surface area contributed by atoms with Crippen molar-refractivity contribution in [1.82, 2.24) is 9.80 Å². The number of amides is 1. The lowest BCUT2D eigenvalue weighted by Gasteiger charge is -2.37. The van der Waals surface area contributed by atoms with Crippen LogP contribution < -0.4 is 5.73 Å². The second kappa shape index (κ2) is 7.41. The van der Waals surface area contributed by atoms with Gasteiger partial charge in [0, 0.05) is 19.1 Å². The van der Waals surface area contributed by atoms with Gasteiger partial charge in [-0.05, 0) is 58.5 Å². The van der Waals surface area contributed by atoms with E-state index >= 15 is 0 Å². The van der Waals surface area contributed by atoms with E-state index in [9.17, 15) is 4.79 Å². The van der Waals surface area contributed by atoms with Gasteiger partial charge in [0.2, 0.25) is 5.91 Å². The van der Waals surface area contributed by atoms with Crippen LogP contribution in [0.5, 0.6) is 0 Å². The minimum atomic E-state index is 0.0555. The molecule has 2 fully saturated rings. The van der Waals surface area contributed by atoms with E-state index in [4.69, 9.17) is 5.73 Å². The highest BCUT2D eigenvalue weighted by Gasteiger charge is 2.30. The molecule has 1 amide bonds. The van der Waals surface area contributed by atoms with Gasteiger partial charge in [0.05, 0.1) is 6.04 Å². The quantitative estimate of drug-likeness (QED) is 0.858. The number of likely N-dealkylation sites (tertiary alicyclic amines) is 2. The van der Waals surface area contributed by atoms with Crippen molar-refractivity contribution in [2.24, 2.45) is 11.7 Å². The lowest BCUT2D eigenvalue weighted by Crippen LogP contribution is -2.50. The Kier molecular flexibility index (Phi) is 5.85. The molecule has 0 saturated carbocycles. The average Bonchev–Trinajstić information content (AvgIpc) is 2.75. The Morgan fingerprint density at radius 2 is 1.55 bits per heavy atom. The molecule has 4 nitrogen and oxygen atoms in total. The number of nitrogens with two attached hydrogens (primary N) is 1. The summed E-state index contributed by atoms with van der Waals surface area (Å²) in [6, 6.07) is 0.315. The van der Waals surface area contributed by atoms with Crippen LogP contribution in [0.1, 0.15) is 52.4 Å². The van der Waals surface area contributed by atoms with Gasteiger partial charge in [-0.3, -0.25) is 9.69 Å². The van der Waals surface area contributed by atoms with Crippen LogP contribution in [-0.2, 0) is 4.79 Å². The molecular formula is C16H31N3O. The Morgan fingerprint density at radius 1 is 1.00 bits per heavy atom. The number of piperidine rings is 1. The van der Waals surface area contributed by atoms with Gasteiger partial charge in [-0.1, -0.05) is 12.8 Å². The van der Waals surface area contributed by atoms with Crippen molar-refractivity contribution in [3.05, 3.63) is 0 Å². The maximum atomic E-state index is 12.6. The Labute approximate surface area is 123 Å². The van der Waals surface area contributed by atoms with Crippen LogP contribution in [0.25, 0.3) is 0 Å². The third-order valence-electron chi connectivity index (χ3n) is 5.14. The van der Waals surface area contributed by atoms with E-state index in [-0.39, 0.29) is 12.1 Å². The minimum Gasteiger partial charge on any atom is -0.341 e. The van der Waals surface area contributed by atoms with Crippen molar-refractivity contribution >= 4 is 5.91 Å². The van der Waals surface area contributed by atoms with E-state index < -0.39 is 0 Å². The van der Waals surface area contributed by atoms with Gasteiger partial charge in [0.1, 0.15) is 0 Å². The SMILES string of the molecule is CC(N)C1CCN(C(=O)C(C)N2CCCCCC2)CC1. The molecule has 0 aliphatic carbocycles. The smallest absolute Gasteiger partial charge is 0.239 e. The van der Waals surface area contributed by atoms with E-state index in [0.29, 0.717) is 11.8 Å². The largest absolute Gasteiger partial charge is 0.341 e. The van der Waals surface area contributed by atoms with Crippen molar-refractivity contribution < 1.29 is 4.79 Å².